The van der Waals surface area contributed by atoms with E-state index < -0.39 is 0 Å². The van der Waals surface area contributed by atoms with E-state index in [1.54, 1.807) is 15.5 Å². The predicted octanol–water partition coefficient (Wildman–Crippen LogP) is 0.904. The van der Waals surface area contributed by atoms with Crippen LogP contribution in [-0.4, -0.2) is 32.0 Å². The number of rotatable bonds is 1. The predicted molar refractivity (Wildman–Crippen MR) is 57.4 cm³/mol. The van der Waals surface area contributed by atoms with Gasteiger partial charge in [0.15, 0.2) is 5.65 Å². The molecule has 0 atom stereocenters. The maximum absolute atomic E-state index is 11.6. The molecule has 6 nitrogen and oxygen atoms in total. The fourth-order valence-electron chi connectivity index (χ4n) is 1.87. The van der Waals surface area contributed by atoms with Crippen LogP contribution in [0.4, 0.5) is 5.69 Å². The Labute approximate surface area is 95.9 Å². The number of hydrogen-bond acceptors (Lipinski definition) is 4. The number of carbonyl (C=O) groups is 1. The summed E-state index contributed by atoms with van der Waals surface area (Å²) >= 11 is 5.88. The van der Waals surface area contributed by atoms with Gasteiger partial charge in [-0.15, -0.1) is 10.2 Å². The number of halogens is 1. The van der Waals surface area contributed by atoms with Gasteiger partial charge in [-0.1, -0.05) is 0 Å². The Morgan fingerprint density at radius 3 is 3.06 bits per heavy atom. The quantitative estimate of drug-likeness (QED) is 0.692. The maximum Gasteiger partial charge on any atom is 0.227 e. The molecule has 0 unspecified atom stereocenters. The van der Waals surface area contributed by atoms with Crippen molar-refractivity contribution >= 4 is 28.8 Å². The highest BCUT2D eigenvalue weighted by Crippen LogP contribution is 2.25. The second kappa shape index (κ2) is 3.41. The van der Waals surface area contributed by atoms with Crippen LogP contribution in [0.3, 0.4) is 0 Å². The first-order chi connectivity index (χ1) is 7.77. The normalized spacial score (nSPS) is 16.3. The second-order valence-corrected chi connectivity index (χ2v) is 3.92. The van der Waals surface area contributed by atoms with Gasteiger partial charge >= 0.3 is 0 Å². The summed E-state index contributed by atoms with van der Waals surface area (Å²) in [5.41, 5.74) is 1.24. The van der Waals surface area contributed by atoms with Crippen molar-refractivity contribution in [2.45, 2.75) is 12.8 Å². The molecule has 82 valence electrons. The van der Waals surface area contributed by atoms with Crippen LogP contribution >= 0.6 is 11.6 Å². The molecule has 2 aromatic rings. The number of aromatic nitrogens is 4. The number of amides is 1. The van der Waals surface area contributed by atoms with Crippen molar-refractivity contribution in [3.8, 4) is 0 Å². The highest BCUT2D eigenvalue weighted by Gasteiger charge is 2.25. The summed E-state index contributed by atoms with van der Waals surface area (Å²) in [5.74, 6) is 0.0917. The first-order valence-corrected chi connectivity index (χ1v) is 5.30. The van der Waals surface area contributed by atoms with Crippen molar-refractivity contribution < 1.29 is 4.79 Å². The van der Waals surface area contributed by atoms with Crippen molar-refractivity contribution in [2.75, 3.05) is 11.4 Å². The third-order valence-electron chi connectivity index (χ3n) is 2.63. The third kappa shape index (κ3) is 1.26. The van der Waals surface area contributed by atoms with Crippen LogP contribution < -0.4 is 4.90 Å². The summed E-state index contributed by atoms with van der Waals surface area (Å²) in [4.78, 5) is 17.3. The van der Waals surface area contributed by atoms with E-state index in [0.29, 0.717) is 24.3 Å². The Morgan fingerprint density at radius 2 is 2.31 bits per heavy atom. The molecular weight excluding hydrogens is 230 g/mol. The molecule has 16 heavy (non-hydrogen) atoms. The molecule has 0 radical (unpaired) electrons. The van der Waals surface area contributed by atoms with Crippen molar-refractivity contribution in [1.82, 2.24) is 19.6 Å². The maximum atomic E-state index is 11.6. The third-order valence-corrected chi connectivity index (χ3v) is 2.91. The van der Waals surface area contributed by atoms with Gasteiger partial charge in [0.05, 0.1) is 6.20 Å². The minimum atomic E-state index is 0.0917. The molecule has 3 heterocycles. The van der Waals surface area contributed by atoms with E-state index in [0.717, 1.165) is 6.42 Å². The average Bonchev–Trinajstić information content (AvgIpc) is 2.88. The molecule has 1 aliphatic rings. The molecule has 0 aliphatic carbocycles. The lowest BCUT2D eigenvalue weighted by Crippen LogP contribution is -2.24. The Morgan fingerprint density at radius 1 is 1.44 bits per heavy atom. The summed E-state index contributed by atoms with van der Waals surface area (Å²) in [7, 11) is 0. The lowest BCUT2D eigenvalue weighted by molar-refractivity contribution is -0.117. The SMILES string of the molecule is O=C1CCCN1c1cnc(Cl)n2cnnc12. The fraction of sp³-hybridized carbons (Fsp3) is 0.333. The van der Waals surface area contributed by atoms with Crippen LogP contribution in [0.5, 0.6) is 0 Å². The standard InChI is InChI=1S/C9H8ClN5O/c10-9-11-4-6(8-13-12-5-15(8)9)14-3-1-2-7(14)16/h4-5H,1-3H2. The number of carbonyl (C=O) groups excluding carboxylic acids is 1. The molecule has 0 saturated carbocycles. The minimum absolute atomic E-state index is 0.0917. The Hall–Kier alpha value is -1.69. The van der Waals surface area contributed by atoms with Gasteiger partial charge in [-0.3, -0.25) is 9.20 Å². The molecular formula is C9H8ClN5O. The highest BCUT2D eigenvalue weighted by atomic mass is 35.5. The molecule has 2 aromatic heterocycles. The van der Waals surface area contributed by atoms with E-state index in [-0.39, 0.29) is 11.2 Å². The fourth-order valence-corrected chi connectivity index (χ4v) is 2.04. The van der Waals surface area contributed by atoms with E-state index >= 15 is 0 Å². The summed E-state index contributed by atoms with van der Waals surface area (Å²) < 4.78 is 1.56. The molecule has 7 heteroatoms. The van der Waals surface area contributed by atoms with Gasteiger partial charge in [0.2, 0.25) is 11.2 Å². The summed E-state index contributed by atoms with van der Waals surface area (Å²) in [5, 5.41) is 8.01. The summed E-state index contributed by atoms with van der Waals surface area (Å²) in [6, 6.07) is 0. The van der Waals surface area contributed by atoms with Crippen LogP contribution in [0.15, 0.2) is 12.5 Å². The van der Waals surface area contributed by atoms with E-state index in [1.165, 1.54) is 6.33 Å². The molecule has 1 saturated heterocycles. The Bertz CT molecular complexity index is 566. The van der Waals surface area contributed by atoms with Crippen LogP contribution in [0, 0.1) is 0 Å². The van der Waals surface area contributed by atoms with E-state index in [4.69, 9.17) is 11.6 Å². The molecule has 1 aliphatic heterocycles. The number of hydrogen-bond donors (Lipinski definition) is 0. The first kappa shape index (κ1) is 9.53. The molecule has 3 rings (SSSR count). The monoisotopic (exact) mass is 237 g/mol. The van der Waals surface area contributed by atoms with Gasteiger partial charge in [-0.2, -0.15) is 0 Å². The number of anilines is 1. The zero-order valence-electron chi connectivity index (χ0n) is 8.30. The van der Waals surface area contributed by atoms with Crippen molar-refractivity contribution in [2.24, 2.45) is 0 Å². The van der Waals surface area contributed by atoms with Crippen LogP contribution in [0.2, 0.25) is 5.28 Å². The van der Waals surface area contributed by atoms with Gasteiger partial charge in [0.1, 0.15) is 12.0 Å². The zero-order chi connectivity index (χ0) is 11.1. The van der Waals surface area contributed by atoms with E-state index in [2.05, 4.69) is 15.2 Å². The lowest BCUT2D eigenvalue weighted by Gasteiger charge is -2.15. The van der Waals surface area contributed by atoms with Gasteiger partial charge in [0, 0.05) is 13.0 Å². The van der Waals surface area contributed by atoms with Crippen molar-refractivity contribution in [3.05, 3.63) is 17.8 Å². The zero-order valence-corrected chi connectivity index (χ0v) is 9.05. The van der Waals surface area contributed by atoms with Crippen LogP contribution in [0.1, 0.15) is 12.8 Å². The number of fused-ring (bicyclic) bond motifs is 1. The van der Waals surface area contributed by atoms with E-state index in [9.17, 15) is 4.79 Å². The molecule has 0 bridgehead atoms. The van der Waals surface area contributed by atoms with E-state index in [1.807, 2.05) is 0 Å². The summed E-state index contributed by atoms with van der Waals surface area (Å²) in [6.45, 7) is 0.699. The molecule has 0 aromatic carbocycles. The van der Waals surface area contributed by atoms with Crippen molar-refractivity contribution in [1.29, 1.82) is 0 Å². The first-order valence-electron chi connectivity index (χ1n) is 4.92. The van der Waals surface area contributed by atoms with Gasteiger partial charge in [0.25, 0.3) is 0 Å². The van der Waals surface area contributed by atoms with Gasteiger partial charge < -0.3 is 4.90 Å². The smallest absolute Gasteiger partial charge is 0.227 e. The molecule has 1 fully saturated rings. The average molecular weight is 238 g/mol. The van der Waals surface area contributed by atoms with Gasteiger partial charge in [-0.05, 0) is 18.0 Å². The van der Waals surface area contributed by atoms with Crippen LogP contribution in [0.25, 0.3) is 5.65 Å². The second-order valence-electron chi connectivity index (χ2n) is 3.59. The Kier molecular flexibility index (Phi) is 2.03. The lowest BCUT2D eigenvalue weighted by atomic mass is 10.4. The highest BCUT2D eigenvalue weighted by molar-refractivity contribution is 6.28. The summed E-state index contributed by atoms with van der Waals surface area (Å²) in [6.07, 6.45) is 4.48. The molecule has 1 amide bonds. The Balaban J connectivity index is 2.20. The molecule has 0 N–H and O–H groups in total. The number of nitrogens with zero attached hydrogens (tertiary/aromatic N) is 5. The van der Waals surface area contributed by atoms with Gasteiger partial charge in [-0.25, -0.2) is 4.98 Å². The largest absolute Gasteiger partial charge is 0.308 e. The molecule has 0 spiro atoms. The van der Waals surface area contributed by atoms with Crippen LogP contribution in [-0.2, 0) is 4.79 Å². The minimum Gasteiger partial charge on any atom is -0.308 e. The van der Waals surface area contributed by atoms with Crippen molar-refractivity contribution in [3.63, 3.8) is 0 Å². The topological polar surface area (TPSA) is 63.4 Å².